The van der Waals surface area contributed by atoms with E-state index in [4.69, 9.17) is 23.7 Å². The molecule has 0 aliphatic rings. The number of hydrogen-bond acceptors (Lipinski definition) is 8. The number of carbonyl (C=O) groups excluding carboxylic acids is 1. The fourth-order valence-electron chi connectivity index (χ4n) is 2.31. The SMILES string of the molecule is COc1ccc(C(=O)Oc2cc(OC)c(OC)c(OC)c2)cc1NSC. The molecule has 0 unspecified atom stereocenters. The Morgan fingerprint density at radius 1 is 0.885 bits per heavy atom. The van der Waals surface area contributed by atoms with Crippen molar-refractivity contribution in [3.63, 3.8) is 0 Å². The van der Waals surface area contributed by atoms with Crippen LogP contribution < -0.4 is 28.4 Å². The Bertz CT molecular complexity index is 755. The zero-order valence-corrected chi connectivity index (χ0v) is 16.1. The smallest absolute Gasteiger partial charge is 0.343 e. The second-order valence-electron chi connectivity index (χ2n) is 4.97. The molecule has 0 aliphatic carbocycles. The molecule has 0 atom stereocenters. The summed E-state index contributed by atoms with van der Waals surface area (Å²) in [5.74, 6) is 1.60. The number of carbonyl (C=O) groups is 1. The summed E-state index contributed by atoms with van der Waals surface area (Å²) >= 11 is 1.39. The van der Waals surface area contributed by atoms with Crippen LogP contribution in [0.3, 0.4) is 0 Å². The van der Waals surface area contributed by atoms with Gasteiger partial charge < -0.3 is 28.4 Å². The molecule has 2 rings (SSSR count). The van der Waals surface area contributed by atoms with E-state index in [0.717, 1.165) is 0 Å². The van der Waals surface area contributed by atoms with Crippen molar-refractivity contribution in [3.8, 4) is 28.7 Å². The van der Waals surface area contributed by atoms with Gasteiger partial charge in [0.15, 0.2) is 11.5 Å². The summed E-state index contributed by atoms with van der Waals surface area (Å²) < 4.78 is 29.6. The molecule has 0 fully saturated rings. The average Bonchev–Trinajstić information content (AvgIpc) is 2.67. The summed E-state index contributed by atoms with van der Waals surface area (Å²) in [6.07, 6.45) is 1.88. The minimum atomic E-state index is -0.522. The van der Waals surface area contributed by atoms with Crippen molar-refractivity contribution in [1.82, 2.24) is 0 Å². The maximum absolute atomic E-state index is 12.5. The van der Waals surface area contributed by atoms with E-state index in [1.807, 2.05) is 6.26 Å². The van der Waals surface area contributed by atoms with Gasteiger partial charge >= 0.3 is 5.97 Å². The van der Waals surface area contributed by atoms with Crippen LogP contribution in [0.5, 0.6) is 28.7 Å². The van der Waals surface area contributed by atoms with E-state index in [2.05, 4.69) is 4.72 Å². The lowest BCUT2D eigenvalue weighted by molar-refractivity contribution is 0.0734. The fourth-order valence-corrected chi connectivity index (χ4v) is 2.69. The molecule has 0 aliphatic heterocycles. The zero-order valence-electron chi connectivity index (χ0n) is 15.2. The molecule has 0 radical (unpaired) electrons. The third-order valence-electron chi connectivity index (χ3n) is 3.50. The average molecular weight is 379 g/mol. The molecule has 0 aromatic heterocycles. The van der Waals surface area contributed by atoms with E-state index < -0.39 is 5.97 Å². The number of ether oxygens (including phenoxy) is 5. The molecule has 1 N–H and O–H groups in total. The van der Waals surface area contributed by atoms with Gasteiger partial charge in [0.05, 0.1) is 39.7 Å². The molecule has 0 amide bonds. The van der Waals surface area contributed by atoms with Crippen LogP contribution in [0.2, 0.25) is 0 Å². The van der Waals surface area contributed by atoms with Crippen LogP contribution >= 0.6 is 11.9 Å². The van der Waals surface area contributed by atoms with Gasteiger partial charge in [-0.25, -0.2) is 4.79 Å². The maximum Gasteiger partial charge on any atom is 0.343 e. The molecule has 0 saturated heterocycles. The van der Waals surface area contributed by atoms with Crippen molar-refractivity contribution in [1.29, 1.82) is 0 Å². The Balaban J connectivity index is 2.31. The first-order valence-electron chi connectivity index (χ1n) is 7.57. The van der Waals surface area contributed by atoms with Crippen LogP contribution in [-0.4, -0.2) is 40.7 Å². The molecule has 140 valence electrons. The Labute approximate surface area is 156 Å². The van der Waals surface area contributed by atoms with E-state index >= 15 is 0 Å². The summed E-state index contributed by atoms with van der Waals surface area (Å²) in [7, 11) is 6.05. The molecule has 0 spiro atoms. The molecule has 0 bridgehead atoms. The standard InChI is InChI=1S/C18H21NO6S/c1-21-14-7-6-11(8-13(14)19-26-5)18(20)25-12-9-15(22-2)17(24-4)16(10-12)23-3/h6-10,19H,1-5H3. The first-order chi connectivity index (χ1) is 12.6. The predicted octanol–water partition coefficient (Wildman–Crippen LogP) is 3.63. The second kappa shape index (κ2) is 9.10. The first-order valence-corrected chi connectivity index (χ1v) is 8.79. The number of esters is 1. The van der Waals surface area contributed by atoms with Crippen LogP contribution in [0.25, 0.3) is 0 Å². The van der Waals surface area contributed by atoms with Crippen LogP contribution in [-0.2, 0) is 0 Å². The predicted molar refractivity (Wildman–Crippen MR) is 101 cm³/mol. The van der Waals surface area contributed by atoms with E-state index in [1.165, 1.54) is 33.3 Å². The Morgan fingerprint density at radius 2 is 1.50 bits per heavy atom. The highest BCUT2D eigenvalue weighted by molar-refractivity contribution is 7.99. The fraction of sp³-hybridized carbons (Fsp3) is 0.278. The second-order valence-corrected chi connectivity index (χ2v) is 5.58. The Hall–Kier alpha value is -2.74. The number of methoxy groups -OCH3 is 4. The summed E-state index contributed by atoms with van der Waals surface area (Å²) in [5.41, 5.74) is 1.05. The van der Waals surface area contributed by atoms with Gasteiger partial charge in [0.1, 0.15) is 11.5 Å². The molecular weight excluding hydrogens is 358 g/mol. The first kappa shape index (κ1) is 19.6. The summed E-state index contributed by atoms with van der Waals surface area (Å²) in [4.78, 5) is 12.5. The normalized spacial score (nSPS) is 10.0. The Morgan fingerprint density at radius 3 is 2.00 bits per heavy atom. The van der Waals surface area contributed by atoms with Gasteiger partial charge in [0.25, 0.3) is 0 Å². The highest BCUT2D eigenvalue weighted by Crippen LogP contribution is 2.41. The van der Waals surface area contributed by atoms with Crippen LogP contribution in [0.15, 0.2) is 30.3 Å². The summed E-state index contributed by atoms with van der Waals surface area (Å²) in [5, 5.41) is 0. The van der Waals surface area contributed by atoms with E-state index in [0.29, 0.717) is 34.2 Å². The lowest BCUT2D eigenvalue weighted by Crippen LogP contribution is -2.09. The number of hydrogen-bond donors (Lipinski definition) is 1. The van der Waals surface area contributed by atoms with Gasteiger partial charge in [0, 0.05) is 18.4 Å². The van der Waals surface area contributed by atoms with Gasteiger partial charge in [-0.2, -0.15) is 0 Å². The molecular formula is C18H21NO6S. The largest absolute Gasteiger partial charge is 0.495 e. The highest BCUT2D eigenvalue weighted by Gasteiger charge is 2.17. The van der Waals surface area contributed by atoms with Crippen LogP contribution in [0.1, 0.15) is 10.4 Å². The monoisotopic (exact) mass is 379 g/mol. The molecule has 2 aromatic carbocycles. The number of benzene rings is 2. The minimum absolute atomic E-state index is 0.277. The number of nitrogens with one attached hydrogen (secondary N) is 1. The zero-order chi connectivity index (χ0) is 19.1. The maximum atomic E-state index is 12.5. The molecule has 0 saturated carbocycles. The number of rotatable bonds is 8. The molecule has 0 heterocycles. The van der Waals surface area contributed by atoms with Crippen molar-refractivity contribution in [3.05, 3.63) is 35.9 Å². The van der Waals surface area contributed by atoms with Crippen LogP contribution in [0.4, 0.5) is 5.69 Å². The van der Waals surface area contributed by atoms with Crippen LogP contribution in [0, 0.1) is 0 Å². The van der Waals surface area contributed by atoms with E-state index in [-0.39, 0.29) is 5.75 Å². The Kier molecular flexibility index (Phi) is 6.85. The summed E-state index contributed by atoms with van der Waals surface area (Å²) in [6, 6.07) is 8.11. The summed E-state index contributed by atoms with van der Waals surface area (Å²) in [6.45, 7) is 0. The van der Waals surface area contributed by atoms with E-state index in [1.54, 1.807) is 37.4 Å². The van der Waals surface area contributed by atoms with Crippen molar-refractivity contribution < 1.29 is 28.5 Å². The van der Waals surface area contributed by atoms with Gasteiger partial charge in [-0.15, -0.1) is 0 Å². The third kappa shape index (κ3) is 4.26. The van der Waals surface area contributed by atoms with Gasteiger partial charge in [-0.3, -0.25) is 0 Å². The van der Waals surface area contributed by atoms with E-state index in [9.17, 15) is 4.79 Å². The van der Waals surface area contributed by atoms with Crippen molar-refractivity contribution >= 4 is 23.6 Å². The molecule has 7 nitrogen and oxygen atoms in total. The van der Waals surface area contributed by atoms with Crippen molar-refractivity contribution in [2.24, 2.45) is 0 Å². The van der Waals surface area contributed by atoms with Gasteiger partial charge in [-0.1, -0.05) is 11.9 Å². The lowest BCUT2D eigenvalue weighted by Gasteiger charge is -2.14. The van der Waals surface area contributed by atoms with Crippen molar-refractivity contribution in [2.75, 3.05) is 39.4 Å². The molecule has 26 heavy (non-hydrogen) atoms. The number of anilines is 1. The van der Waals surface area contributed by atoms with Crippen molar-refractivity contribution in [2.45, 2.75) is 0 Å². The minimum Gasteiger partial charge on any atom is -0.495 e. The third-order valence-corrected chi connectivity index (χ3v) is 3.92. The molecule has 8 heteroatoms. The highest BCUT2D eigenvalue weighted by atomic mass is 32.2. The lowest BCUT2D eigenvalue weighted by atomic mass is 10.2. The topological polar surface area (TPSA) is 75.3 Å². The quantitative estimate of drug-likeness (QED) is 0.423. The van der Waals surface area contributed by atoms with Gasteiger partial charge in [0.2, 0.25) is 5.75 Å². The molecule has 2 aromatic rings. The van der Waals surface area contributed by atoms with Gasteiger partial charge in [-0.05, 0) is 18.2 Å².